The Morgan fingerprint density at radius 2 is 2.09 bits per heavy atom. The standard InChI is InChI=1S/C8H18ClOSi/c1-4-7-10-11(9,6-3)8-5-2/h5H,4,6-8H2,1-3H3. The highest BCUT2D eigenvalue weighted by Gasteiger charge is 2.28. The van der Waals surface area contributed by atoms with Crippen LogP contribution in [0.2, 0.25) is 12.1 Å². The fourth-order valence-corrected chi connectivity index (χ4v) is 3.38. The van der Waals surface area contributed by atoms with Gasteiger partial charge in [-0.05, 0) is 24.9 Å². The molecule has 0 saturated carbocycles. The van der Waals surface area contributed by atoms with Crippen molar-refractivity contribution in [3.05, 3.63) is 6.42 Å². The Hall–Kier alpha value is 0.467. The molecule has 0 saturated heterocycles. The Bertz CT molecular complexity index is 100. The topological polar surface area (TPSA) is 9.23 Å². The van der Waals surface area contributed by atoms with E-state index in [1.165, 1.54) is 0 Å². The third kappa shape index (κ3) is 4.83. The van der Waals surface area contributed by atoms with Crippen LogP contribution in [0.4, 0.5) is 0 Å². The maximum absolute atomic E-state index is 6.29. The van der Waals surface area contributed by atoms with E-state index in [2.05, 4.69) is 20.3 Å². The summed E-state index contributed by atoms with van der Waals surface area (Å²) in [5.41, 5.74) is 0. The van der Waals surface area contributed by atoms with Crippen LogP contribution in [0, 0.1) is 6.42 Å². The van der Waals surface area contributed by atoms with Gasteiger partial charge in [0.25, 0.3) is 7.63 Å². The highest BCUT2D eigenvalue weighted by molar-refractivity contribution is 7.16. The highest BCUT2D eigenvalue weighted by atomic mass is 35.6. The first-order valence-corrected chi connectivity index (χ1v) is 7.62. The lowest BCUT2D eigenvalue weighted by atomic mass is 10.5. The molecule has 0 fully saturated rings. The van der Waals surface area contributed by atoms with Gasteiger partial charge in [-0.3, -0.25) is 0 Å². The zero-order chi connectivity index (χ0) is 8.74. The van der Waals surface area contributed by atoms with E-state index in [-0.39, 0.29) is 0 Å². The van der Waals surface area contributed by atoms with Crippen LogP contribution in [-0.2, 0) is 4.43 Å². The Balaban J connectivity index is 3.68. The smallest absolute Gasteiger partial charge is 0.290 e. The molecule has 0 aliphatic heterocycles. The Morgan fingerprint density at radius 1 is 1.45 bits per heavy atom. The lowest BCUT2D eigenvalue weighted by molar-refractivity contribution is 0.313. The molecular formula is C8H18ClOSi. The maximum atomic E-state index is 6.29. The Morgan fingerprint density at radius 3 is 2.45 bits per heavy atom. The van der Waals surface area contributed by atoms with Crippen molar-refractivity contribution < 1.29 is 4.43 Å². The average Bonchev–Trinajstić information content (AvgIpc) is 2.02. The quantitative estimate of drug-likeness (QED) is 0.465. The molecule has 1 unspecified atom stereocenters. The Kier molecular flexibility index (Phi) is 6.29. The molecule has 1 nitrogen and oxygen atoms in total. The van der Waals surface area contributed by atoms with Gasteiger partial charge in [-0.15, -0.1) is 11.1 Å². The summed E-state index contributed by atoms with van der Waals surface area (Å²) < 4.78 is 5.64. The highest BCUT2D eigenvalue weighted by Crippen LogP contribution is 2.23. The summed E-state index contributed by atoms with van der Waals surface area (Å²) in [4.78, 5) is 0. The molecular weight excluding hydrogens is 176 g/mol. The van der Waals surface area contributed by atoms with Crippen molar-refractivity contribution in [1.82, 2.24) is 0 Å². The van der Waals surface area contributed by atoms with Crippen molar-refractivity contribution in [3.8, 4) is 0 Å². The second kappa shape index (κ2) is 6.04. The predicted octanol–water partition coefficient (Wildman–Crippen LogP) is 3.34. The van der Waals surface area contributed by atoms with Crippen molar-refractivity contribution in [2.75, 3.05) is 6.61 Å². The van der Waals surface area contributed by atoms with Crippen molar-refractivity contribution in [3.63, 3.8) is 0 Å². The molecule has 0 aromatic heterocycles. The van der Waals surface area contributed by atoms with Gasteiger partial charge in [-0.2, -0.15) is 0 Å². The first-order valence-electron chi connectivity index (χ1n) is 4.29. The van der Waals surface area contributed by atoms with Crippen LogP contribution < -0.4 is 0 Å². The van der Waals surface area contributed by atoms with E-state index in [0.29, 0.717) is 0 Å². The van der Waals surface area contributed by atoms with Crippen molar-refractivity contribution in [2.24, 2.45) is 0 Å². The summed E-state index contributed by atoms with van der Waals surface area (Å²) >= 11 is 6.29. The number of rotatable bonds is 6. The molecule has 0 aromatic carbocycles. The van der Waals surface area contributed by atoms with Gasteiger partial charge in [0.1, 0.15) is 0 Å². The van der Waals surface area contributed by atoms with E-state index >= 15 is 0 Å². The van der Waals surface area contributed by atoms with Crippen LogP contribution in [0.1, 0.15) is 27.2 Å². The fourth-order valence-electron chi connectivity index (χ4n) is 0.895. The SMILES string of the molecule is C[CH]C[Si](Cl)(CC)OCCC. The van der Waals surface area contributed by atoms with Gasteiger partial charge in [0.05, 0.1) is 0 Å². The molecule has 0 N–H and O–H groups in total. The lowest BCUT2D eigenvalue weighted by Crippen LogP contribution is -2.30. The average molecular weight is 194 g/mol. The molecule has 11 heavy (non-hydrogen) atoms. The van der Waals surface area contributed by atoms with E-state index in [0.717, 1.165) is 25.1 Å². The molecule has 0 aliphatic rings. The maximum Gasteiger partial charge on any atom is 0.290 e. The van der Waals surface area contributed by atoms with Gasteiger partial charge >= 0.3 is 0 Å². The summed E-state index contributed by atoms with van der Waals surface area (Å²) in [6.07, 6.45) is 3.17. The lowest BCUT2D eigenvalue weighted by Gasteiger charge is -2.21. The molecule has 3 heteroatoms. The third-order valence-electron chi connectivity index (χ3n) is 1.60. The minimum atomic E-state index is -1.83. The normalized spacial score (nSPS) is 16.4. The molecule has 0 heterocycles. The van der Waals surface area contributed by atoms with Crippen LogP contribution in [0.3, 0.4) is 0 Å². The molecule has 1 atom stereocenters. The molecule has 67 valence electrons. The van der Waals surface area contributed by atoms with E-state index in [9.17, 15) is 0 Å². The van der Waals surface area contributed by atoms with E-state index in [1.807, 2.05) is 6.92 Å². The first kappa shape index (κ1) is 11.5. The monoisotopic (exact) mass is 193 g/mol. The fraction of sp³-hybridized carbons (Fsp3) is 0.875. The second-order valence-electron chi connectivity index (χ2n) is 2.70. The summed E-state index contributed by atoms with van der Waals surface area (Å²) in [6.45, 7) is 7.07. The van der Waals surface area contributed by atoms with Gasteiger partial charge in [-0.25, -0.2) is 0 Å². The number of hydrogen-bond acceptors (Lipinski definition) is 1. The summed E-state index contributed by atoms with van der Waals surface area (Å²) in [7, 11) is -1.83. The molecule has 0 rings (SSSR count). The van der Waals surface area contributed by atoms with Gasteiger partial charge in [0.2, 0.25) is 0 Å². The van der Waals surface area contributed by atoms with E-state index < -0.39 is 7.63 Å². The van der Waals surface area contributed by atoms with Crippen LogP contribution in [0.5, 0.6) is 0 Å². The second-order valence-corrected chi connectivity index (χ2v) is 7.93. The van der Waals surface area contributed by atoms with Crippen LogP contribution in [-0.4, -0.2) is 14.2 Å². The predicted molar refractivity (Wildman–Crippen MR) is 53.1 cm³/mol. The summed E-state index contributed by atoms with van der Waals surface area (Å²) in [5.74, 6) is 0. The van der Waals surface area contributed by atoms with Gasteiger partial charge in [-0.1, -0.05) is 20.8 Å². The number of hydrogen-bond donors (Lipinski definition) is 0. The summed E-state index contributed by atoms with van der Waals surface area (Å²) in [6, 6.07) is 1.96. The van der Waals surface area contributed by atoms with Gasteiger partial charge in [0.15, 0.2) is 0 Å². The summed E-state index contributed by atoms with van der Waals surface area (Å²) in [5, 5.41) is 0. The molecule has 0 bridgehead atoms. The molecule has 0 amide bonds. The molecule has 0 aliphatic carbocycles. The van der Waals surface area contributed by atoms with Gasteiger partial charge < -0.3 is 4.43 Å². The minimum absolute atomic E-state index is 0.817. The first-order chi connectivity index (χ1) is 5.18. The zero-order valence-electron chi connectivity index (χ0n) is 7.69. The van der Waals surface area contributed by atoms with Crippen LogP contribution in [0.25, 0.3) is 0 Å². The third-order valence-corrected chi connectivity index (χ3v) is 5.99. The number of halogens is 1. The van der Waals surface area contributed by atoms with E-state index in [1.54, 1.807) is 0 Å². The zero-order valence-corrected chi connectivity index (χ0v) is 9.45. The molecule has 1 radical (unpaired) electrons. The Labute approximate surface area is 75.9 Å². The van der Waals surface area contributed by atoms with Gasteiger partial charge in [0, 0.05) is 6.61 Å². The van der Waals surface area contributed by atoms with Crippen molar-refractivity contribution in [2.45, 2.75) is 39.3 Å². The minimum Gasteiger partial charge on any atom is -0.403 e. The molecule has 0 aromatic rings. The van der Waals surface area contributed by atoms with Crippen molar-refractivity contribution >= 4 is 18.7 Å². The largest absolute Gasteiger partial charge is 0.403 e. The van der Waals surface area contributed by atoms with Crippen molar-refractivity contribution in [1.29, 1.82) is 0 Å². The van der Waals surface area contributed by atoms with Crippen LogP contribution in [0.15, 0.2) is 0 Å². The molecule has 0 spiro atoms. The van der Waals surface area contributed by atoms with E-state index in [4.69, 9.17) is 15.5 Å². The van der Waals surface area contributed by atoms with Crippen LogP contribution >= 0.6 is 11.1 Å².